The topological polar surface area (TPSA) is 91.8 Å². The summed E-state index contributed by atoms with van der Waals surface area (Å²) in [5.41, 5.74) is 1.88. The van der Waals surface area contributed by atoms with Crippen LogP contribution in [0.5, 0.6) is 0 Å². The number of rotatable bonds is 4. The van der Waals surface area contributed by atoms with Gasteiger partial charge in [-0.05, 0) is 71.9 Å². The molecule has 3 aliphatic rings. The Bertz CT molecular complexity index is 1310. The summed E-state index contributed by atoms with van der Waals surface area (Å²) in [6.45, 7) is 10.1. The van der Waals surface area contributed by atoms with Crippen LogP contribution < -0.4 is 0 Å². The van der Waals surface area contributed by atoms with E-state index in [1.165, 1.54) is 20.7 Å². The van der Waals surface area contributed by atoms with Gasteiger partial charge in [-0.3, -0.25) is 4.79 Å². The van der Waals surface area contributed by atoms with Crippen molar-refractivity contribution in [2.45, 2.75) is 50.3 Å². The first-order valence-corrected chi connectivity index (χ1v) is 15.6. The zero-order chi connectivity index (χ0) is 26.0. The number of nitrogens with zero attached hydrogens (tertiary/aromatic N) is 2. The standard InChI is InChI=1S/C27H34N2O5S2/c1-17-9-18(2)14-28(13-17)35(31,32)21-5-7-23-24-8-6-22(12-26(24)27(30)25(23)11-21)36(33,34)29-15-19(3)10-20(4)16-29/h5-8,11-12,17-20H,9-10,13-16H2,1-4H3/t17-,18+,19-,20+. The summed E-state index contributed by atoms with van der Waals surface area (Å²) in [6.07, 6.45) is 1.98. The van der Waals surface area contributed by atoms with E-state index in [4.69, 9.17) is 0 Å². The van der Waals surface area contributed by atoms with Crippen LogP contribution in [0.15, 0.2) is 46.2 Å². The van der Waals surface area contributed by atoms with Crippen molar-refractivity contribution in [2.75, 3.05) is 26.2 Å². The molecule has 2 heterocycles. The summed E-state index contributed by atoms with van der Waals surface area (Å²) >= 11 is 0. The fourth-order valence-corrected chi connectivity index (χ4v) is 9.67. The van der Waals surface area contributed by atoms with E-state index in [1.807, 2.05) is 0 Å². The molecule has 0 unspecified atom stereocenters. The van der Waals surface area contributed by atoms with Crippen LogP contribution in [-0.2, 0) is 20.0 Å². The van der Waals surface area contributed by atoms with Crippen LogP contribution in [-0.4, -0.2) is 57.4 Å². The monoisotopic (exact) mass is 530 g/mol. The number of sulfonamides is 2. The number of hydrogen-bond donors (Lipinski definition) is 0. The number of fused-ring (bicyclic) bond motifs is 3. The minimum Gasteiger partial charge on any atom is -0.289 e. The van der Waals surface area contributed by atoms with Crippen molar-refractivity contribution in [2.24, 2.45) is 23.7 Å². The smallest absolute Gasteiger partial charge is 0.243 e. The van der Waals surface area contributed by atoms with Gasteiger partial charge in [-0.15, -0.1) is 0 Å². The van der Waals surface area contributed by atoms with Gasteiger partial charge in [0.05, 0.1) is 9.79 Å². The van der Waals surface area contributed by atoms with Gasteiger partial charge in [0.15, 0.2) is 5.78 Å². The average molecular weight is 531 g/mol. The van der Waals surface area contributed by atoms with E-state index < -0.39 is 20.0 Å². The lowest BCUT2D eigenvalue weighted by Crippen LogP contribution is -2.42. The van der Waals surface area contributed by atoms with Gasteiger partial charge in [0.25, 0.3) is 0 Å². The molecular formula is C27H34N2O5S2. The van der Waals surface area contributed by atoms with Gasteiger partial charge >= 0.3 is 0 Å². The maximum Gasteiger partial charge on any atom is 0.243 e. The number of ketones is 1. The molecule has 0 radical (unpaired) electrons. The van der Waals surface area contributed by atoms with E-state index in [0.717, 1.165) is 12.8 Å². The molecule has 0 amide bonds. The van der Waals surface area contributed by atoms with E-state index in [0.29, 0.717) is 48.4 Å². The van der Waals surface area contributed by atoms with E-state index in [9.17, 15) is 21.6 Å². The van der Waals surface area contributed by atoms with Crippen molar-refractivity contribution in [1.29, 1.82) is 0 Å². The highest BCUT2D eigenvalue weighted by Gasteiger charge is 2.36. The second-order valence-corrected chi connectivity index (χ2v) is 15.2. The fourth-order valence-electron chi connectivity index (χ4n) is 6.26. The maximum absolute atomic E-state index is 13.4. The van der Waals surface area contributed by atoms with Crippen molar-refractivity contribution in [3.05, 3.63) is 47.5 Å². The third kappa shape index (κ3) is 4.34. The summed E-state index contributed by atoms with van der Waals surface area (Å²) in [5, 5.41) is 0. The van der Waals surface area contributed by atoms with Crippen LogP contribution in [0.1, 0.15) is 56.5 Å². The molecule has 2 aromatic carbocycles. The van der Waals surface area contributed by atoms with Gasteiger partial charge in [0.2, 0.25) is 20.0 Å². The molecule has 2 aromatic rings. The second kappa shape index (κ2) is 9.04. The number of hydrogen-bond acceptors (Lipinski definition) is 5. The summed E-state index contributed by atoms with van der Waals surface area (Å²) in [7, 11) is -7.48. The van der Waals surface area contributed by atoms with Gasteiger partial charge in [0, 0.05) is 37.3 Å². The van der Waals surface area contributed by atoms with Crippen LogP contribution in [0.4, 0.5) is 0 Å². The van der Waals surface area contributed by atoms with Crippen molar-refractivity contribution in [3.8, 4) is 11.1 Å². The molecule has 2 saturated heterocycles. The van der Waals surface area contributed by atoms with Gasteiger partial charge in [-0.25, -0.2) is 16.8 Å². The summed E-state index contributed by atoms with van der Waals surface area (Å²) in [4.78, 5) is 13.6. The quantitative estimate of drug-likeness (QED) is 0.503. The summed E-state index contributed by atoms with van der Waals surface area (Å²) in [6, 6.07) is 9.37. The minimum atomic E-state index is -3.74. The van der Waals surface area contributed by atoms with E-state index >= 15 is 0 Å². The maximum atomic E-state index is 13.4. The molecule has 0 spiro atoms. The highest BCUT2D eigenvalue weighted by Crippen LogP contribution is 2.40. The van der Waals surface area contributed by atoms with E-state index in [-0.39, 0.29) is 39.2 Å². The normalized spacial score (nSPS) is 27.6. The molecule has 194 valence electrons. The SMILES string of the molecule is C[C@@H]1C[C@H](C)CN(S(=O)(=O)c2ccc3c(c2)C(=O)c2cc(S(=O)(=O)N4C[C@H](C)C[C@H](C)C4)ccc2-3)C1. The highest BCUT2D eigenvalue weighted by atomic mass is 32.2. The van der Waals surface area contributed by atoms with Crippen LogP contribution in [0.2, 0.25) is 0 Å². The first kappa shape index (κ1) is 25.6. The Balaban J connectivity index is 1.47. The first-order chi connectivity index (χ1) is 16.9. The Hall–Kier alpha value is -2.07. The van der Waals surface area contributed by atoms with Gasteiger partial charge < -0.3 is 0 Å². The third-order valence-electron chi connectivity index (χ3n) is 7.71. The predicted octanol–water partition coefficient (Wildman–Crippen LogP) is 4.23. The Morgan fingerprint density at radius 2 is 0.917 bits per heavy atom. The lowest BCUT2D eigenvalue weighted by atomic mass is 9.94. The zero-order valence-corrected chi connectivity index (χ0v) is 22.9. The van der Waals surface area contributed by atoms with Gasteiger partial charge in [0.1, 0.15) is 0 Å². The Morgan fingerprint density at radius 3 is 1.25 bits per heavy atom. The van der Waals surface area contributed by atoms with E-state index in [1.54, 1.807) is 24.3 Å². The second-order valence-electron chi connectivity index (χ2n) is 11.3. The molecule has 0 saturated carbocycles. The lowest BCUT2D eigenvalue weighted by molar-refractivity contribution is 0.104. The molecule has 4 atom stereocenters. The molecule has 0 aromatic heterocycles. The van der Waals surface area contributed by atoms with Crippen LogP contribution >= 0.6 is 0 Å². The molecule has 0 N–H and O–H groups in total. The van der Waals surface area contributed by atoms with Crippen molar-refractivity contribution in [1.82, 2.24) is 8.61 Å². The molecule has 2 aliphatic heterocycles. The highest BCUT2D eigenvalue weighted by molar-refractivity contribution is 7.89. The molecule has 9 heteroatoms. The third-order valence-corrected chi connectivity index (χ3v) is 11.4. The Labute approximate surface area is 214 Å². The Morgan fingerprint density at radius 1 is 0.583 bits per heavy atom. The fraction of sp³-hybridized carbons (Fsp3) is 0.519. The van der Waals surface area contributed by atoms with Crippen LogP contribution in [0.3, 0.4) is 0 Å². The van der Waals surface area contributed by atoms with Crippen molar-refractivity contribution >= 4 is 25.8 Å². The number of carbonyl (C=O) groups excluding carboxylic acids is 1. The number of benzene rings is 2. The predicted molar refractivity (Wildman–Crippen MR) is 139 cm³/mol. The molecule has 1 aliphatic carbocycles. The zero-order valence-electron chi connectivity index (χ0n) is 21.3. The van der Waals surface area contributed by atoms with Crippen LogP contribution in [0.25, 0.3) is 11.1 Å². The van der Waals surface area contributed by atoms with Crippen LogP contribution in [0, 0.1) is 23.7 Å². The van der Waals surface area contributed by atoms with Gasteiger partial charge in [-0.1, -0.05) is 39.8 Å². The van der Waals surface area contributed by atoms with E-state index in [2.05, 4.69) is 27.7 Å². The lowest BCUT2D eigenvalue weighted by Gasteiger charge is -2.34. The molecule has 7 nitrogen and oxygen atoms in total. The summed E-state index contributed by atoms with van der Waals surface area (Å²) < 4.78 is 56.6. The Kier molecular flexibility index (Phi) is 6.42. The van der Waals surface area contributed by atoms with Crippen molar-refractivity contribution < 1.29 is 21.6 Å². The average Bonchev–Trinajstić information content (AvgIpc) is 3.09. The number of carbonyl (C=O) groups is 1. The first-order valence-electron chi connectivity index (χ1n) is 12.7. The molecular weight excluding hydrogens is 496 g/mol. The number of piperidine rings is 2. The largest absolute Gasteiger partial charge is 0.289 e. The van der Waals surface area contributed by atoms with Crippen molar-refractivity contribution in [3.63, 3.8) is 0 Å². The summed E-state index contributed by atoms with van der Waals surface area (Å²) in [5.74, 6) is 0.755. The van der Waals surface area contributed by atoms with Gasteiger partial charge in [-0.2, -0.15) is 8.61 Å². The molecule has 36 heavy (non-hydrogen) atoms. The minimum absolute atomic E-state index is 0.104. The molecule has 0 bridgehead atoms. The molecule has 5 rings (SSSR count). The molecule has 2 fully saturated rings.